The number of amides is 1. The number of carbonyl (C=O) groups excluding carboxylic acids is 1. The Labute approximate surface area is 111 Å². The van der Waals surface area contributed by atoms with Gasteiger partial charge >= 0.3 is 0 Å². The van der Waals surface area contributed by atoms with Gasteiger partial charge in [-0.2, -0.15) is 0 Å². The Hall–Kier alpha value is -0.610. The molecular formula is C14H28N2O2. The van der Waals surface area contributed by atoms with Crippen LogP contribution in [0.3, 0.4) is 0 Å². The van der Waals surface area contributed by atoms with Gasteiger partial charge in [0.2, 0.25) is 5.91 Å². The maximum absolute atomic E-state index is 12.0. The van der Waals surface area contributed by atoms with E-state index in [1.807, 2.05) is 6.92 Å². The van der Waals surface area contributed by atoms with Gasteiger partial charge in [-0.25, -0.2) is 0 Å². The number of rotatable bonds is 6. The predicted octanol–water partition coefficient (Wildman–Crippen LogP) is 1.70. The Morgan fingerprint density at radius 1 is 1.39 bits per heavy atom. The highest BCUT2D eigenvalue weighted by atomic mass is 16.5. The fraction of sp³-hybridized carbons (Fsp3) is 0.929. The molecule has 1 unspecified atom stereocenters. The van der Waals surface area contributed by atoms with Crippen LogP contribution in [0.15, 0.2) is 0 Å². The van der Waals surface area contributed by atoms with Crippen LogP contribution in [0.25, 0.3) is 0 Å². The standard InChI is InChI=1S/C14H28N2O2/c1-5-14(3,4)16-13(17)11(2)15-10-12-6-8-18-9-7-12/h11-12,15H,5-10H2,1-4H3,(H,16,17). The number of hydrogen-bond acceptors (Lipinski definition) is 3. The van der Waals surface area contributed by atoms with E-state index >= 15 is 0 Å². The summed E-state index contributed by atoms with van der Waals surface area (Å²) >= 11 is 0. The molecule has 1 amide bonds. The fourth-order valence-electron chi connectivity index (χ4n) is 1.92. The maximum atomic E-state index is 12.0. The first-order chi connectivity index (χ1) is 8.44. The average Bonchev–Trinajstić information content (AvgIpc) is 2.36. The molecule has 4 nitrogen and oxygen atoms in total. The lowest BCUT2D eigenvalue weighted by molar-refractivity contribution is -0.124. The van der Waals surface area contributed by atoms with Crippen LogP contribution in [0.4, 0.5) is 0 Å². The van der Waals surface area contributed by atoms with Crippen molar-refractivity contribution in [3.8, 4) is 0 Å². The van der Waals surface area contributed by atoms with Gasteiger partial charge in [-0.3, -0.25) is 4.79 Å². The predicted molar refractivity (Wildman–Crippen MR) is 73.5 cm³/mol. The number of nitrogens with one attached hydrogen (secondary N) is 2. The van der Waals surface area contributed by atoms with Crippen molar-refractivity contribution < 1.29 is 9.53 Å². The summed E-state index contributed by atoms with van der Waals surface area (Å²) in [6.45, 7) is 10.7. The van der Waals surface area contributed by atoms with Gasteiger partial charge in [0.1, 0.15) is 0 Å². The minimum absolute atomic E-state index is 0.0916. The van der Waals surface area contributed by atoms with Crippen molar-refractivity contribution in [2.75, 3.05) is 19.8 Å². The van der Waals surface area contributed by atoms with Crippen LogP contribution in [0.1, 0.15) is 47.0 Å². The Morgan fingerprint density at radius 3 is 2.56 bits per heavy atom. The SMILES string of the molecule is CCC(C)(C)NC(=O)C(C)NCC1CCOCC1. The largest absolute Gasteiger partial charge is 0.381 e. The molecule has 0 bridgehead atoms. The zero-order chi connectivity index (χ0) is 13.6. The summed E-state index contributed by atoms with van der Waals surface area (Å²) < 4.78 is 5.33. The summed E-state index contributed by atoms with van der Waals surface area (Å²) in [5.74, 6) is 0.738. The zero-order valence-corrected chi connectivity index (χ0v) is 12.2. The summed E-state index contributed by atoms with van der Waals surface area (Å²) in [5.41, 5.74) is -0.119. The molecule has 0 aromatic carbocycles. The van der Waals surface area contributed by atoms with Crippen LogP contribution in [0, 0.1) is 5.92 Å². The van der Waals surface area contributed by atoms with Gasteiger partial charge in [-0.05, 0) is 52.5 Å². The Balaban J connectivity index is 2.26. The second-order valence-electron chi connectivity index (χ2n) is 5.91. The van der Waals surface area contributed by atoms with Crippen molar-refractivity contribution >= 4 is 5.91 Å². The van der Waals surface area contributed by atoms with Crippen molar-refractivity contribution in [2.24, 2.45) is 5.92 Å². The maximum Gasteiger partial charge on any atom is 0.237 e. The van der Waals surface area contributed by atoms with Gasteiger partial charge in [0, 0.05) is 18.8 Å². The van der Waals surface area contributed by atoms with Gasteiger partial charge in [0.25, 0.3) is 0 Å². The van der Waals surface area contributed by atoms with Gasteiger partial charge in [0.05, 0.1) is 6.04 Å². The third-order valence-electron chi connectivity index (χ3n) is 3.79. The lowest BCUT2D eigenvalue weighted by atomic mass is 9.99. The highest BCUT2D eigenvalue weighted by Gasteiger charge is 2.22. The average molecular weight is 256 g/mol. The minimum Gasteiger partial charge on any atom is -0.381 e. The molecule has 1 fully saturated rings. The molecule has 4 heteroatoms. The molecular weight excluding hydrogens is 228 g/mol. The molecule has 1 aliphatic heterocycles. The molecule has 1 aliphatic rings. The first-order valence-electron chi connectivity index (χ1n) is 7.08. The fourth-order valence-corrected chi connectivity index (χ4v) is 1.92. The van der Waals surface area contributed by atoms with Crippen molar-refractivity contribution in [3.63, 3.8) is 0 Å². The first-order valence-corrected chi connectivity index (χ1v) is 7.08. The molecule has 0 radical (unpaired) electrons. The third-order valence-corrected chi connectivity index (χ3v) is 3.79. The van der Waals surface area contributed by atoms with Crippen LogP contribution in [0.2, 0.25) is 0 Å². The summed E-state index contributed by atoms with van der Waals surface area (Å²) in [6.07, 6.45) is 3.13. The Morgan fingerprint density at radius 2 is 2.00 bits per heavy atom. The van der Waals surface area contributed by atoms with Gasteiger partial charge < -0.3 is 15.4 Å². The highest BCUT2D eigenvalue weighted by Crippen LogP contribution is 2.13. The smallest absolute Gasteiger partial charge is 0.237 e. The molecule has 0 aromatic heterocycles. The summed E-state index contributed by atoms with van der Waals surface area (Å²) in [4.78, 5) is 12.0. The molecule has 0 aromatic rings. The van der Waals surface area contributed by atoms with E-state index in [2.05, 4.69) is 31.4 Å². The first kappa shape index (κ1) is 15.4. The molecule has 1 heterocycles. The van der Waals surface area contributed by atoms with E-state index < -0.39 is 0 Å². The van der Waals surface area contributed by atoms with E-state index in [4.69, 9.17) is 4.74 Å². The minimum atomic E-state index is -0.126. The van der Waals surface area contributed by atoms with E-state index in [9.17, 15) is 4.79 Å². The number of hydrogen-bond donors (Lipinski definition) is 2. The zero-order valence-electron chi connectivity index (χ0n) is 12.2. The molecule has 0 spiro atoms. The highest BCUT2D eigenvalue weighted by molar-refractivity contribution is 5.81. The molecule has 18 heavy (non-hydrogen) atoms. The van der Waals surface area contributed by atoms with Gasteiger partial charge in [-0.1, -0.05) is 6.92 Å². The topological polar surface area (TPSA) is 50.4 Å². The summed E-state index contributed by atoms with van der Waals surface area (Å²) in [7, 11) is 0. The van der Waals surface area contributed by atoms with Crippen LogP contribution < -0.4 is 10.6 Å². The van der Waals surface area contributed by atoms with E-state index in [1.165, 1.54) is 0 Å². The molecule has 1 atom stereocenters. The number of ether oxygens (including phenoxy) is 1. The van der Waals surface area contributed by atoms with Crippen LogP contribution in [-0.4, -0.2) is 37.2 Å². The van der Waals surface area contributed by atoms with E-state index in [1.54, 1.807) is 0 Å². The summed E-state index contributed by atoms with van der Waals surface area (Å²) in [5, 5.41) is 6.40. The second kappa shape index (κ2) is 7.10. The van der Waals surface area contributed by atoms with Gasteiger partial charge in [0.15, 0.2) is 0 Å². The Kier molecular flexibility index (Phi) is 6.09. The second-order valence-corrected chi connectivity index (χ2v) is 5.91. The third kappa shape index (κ3) is 5.36. The van der Waals surface area contributed by atoms with Crippen LogP contribution in [0.5, 0.6) is 0 Å². The quantitative estimate of drug-likeness (QED) is 0.760. The monoisotopic (exact) mass is 256 g/mol. The molecule has 0 saturated carbocycles. The van der Waals surface area contributed by atoms with E-state index in [0.717, 1.165) is 39.0 Å². The molecule has 0 aliphatic carbocycles. The lowest BCUT2D eigenvalue weighted by Gasteiger charge is -2.28. The summed E-state index contributed by atoms with van der Waals surface area (Å²) in [6, 6.07) is -0.126. The van der Waals surface area contributed by atoms with E-state index in [-0.39, 0.29) is 17.5 Å². The molecule has 1 saturated heterocycles. The van der Waals surface area contributed by atoms with Crippen LogP contribution in [-0.2, 0) is 9.53 Å². The van der Waals surface area contributed by atoms with Crippen molar-refractivity contribution in [1.82, 2.24) is 10.6 Å². The van der Waals surface area contributed by atoms with E-state index in [0.29, 0.717) is 5.92 Å². The molecule has 106 valence electrons. The molecule has 1 rings (SSSR count). The van der Waals surface area contributed by atoms with Crippen LogP contribution >= 0.6 is 0 Å². The lowest BCUT2D eigenvalue weighted by Crippen LogP contribution is -2.51. The van der Waals surface area contributed by atoms with Gasteiger partial charge in [-0.15, -0.1) is 0 Å². The van der Waals surface area contributed by atoms with Crippen molar-refractivity contribution in [2.45, 2.75) is 58.5 Å². The number of carbonyl (C=O) groups is 1. The Bertz CT molecular complexity index is 261. The van der Waals surface area contributed by atoms with Crippen molar-refractivity contribution in [1.29, 1.82) is 0 Å². The normalized spacial score (nSPS) is 19.6. The van der Waals surface area contributed by atoms with Crippen molar-refractivity contribution in [3.05, 3.63) is 0 Å². The molecule has 2 N–H and O–H groups in total.